The zero-order valence-electron chi connectivity index (χ0n) is 15.7. The first-order chi connectivity index (χ1) is 13.0. The smallest absolute Gasteiger partial charge is 0.435 e. The quantitative estimate of drug-likeness (QED) is 0.643. The largest absolute Gasteiger partial charge is 0.445 e. The lowest BCUT2D eigenvalue weighted by Gasteiger charge is -2.23. The number of carbonyl (C=O) groups excluding carboxylic acids is 1. The molecule has 0 amide bonds. The second-order valence-corrected chi connectivity index (χ2v) is 8.69. The molecule has 0 saturated carbocycles. The average molecular weight is 460 g/mol. The third kappa shape index (κ3) is 4.41. The number of hydrogen-bond donors (Lipinski definition) is 2. The number of benzene rings is 1. The molecule has 2 atom stereocenters. The molecule has 28 heavy (non-hydrogen) atoms. The standard InChI is InChI=1S/C19H21BrF3N3O2/c1-18(2,3)17(27)28-16-12(8-9-24-16)15-25-13(14(26-15)19(21,22)23)10-4-6-11(20)7-5-10/h4-7,12,16,24H,8-9H2,1-3H3,(H,25,26)/t12-,16?/m0/s1. The maximum absolute atomic E-state index is 13.6. The van der Waals surface area contributed by atoms with Gasteiger partial charge in [0.25, 0.3) is 0 Å². The Hall–Kier alpha value is -1.87. The van der Waals surface area contributed by atoms with Crippen molar-refractivity contribution in [1.82, 2.24) is 15.3 Å². The number of aromatic amines is 1. The van der Waals surface area contributed by atoms with E-state index in [0.717, 1.165) is 4.47 Å². The Morgan fingerprint density at radius 2 is 1.86 bits per heavy atom. The van der Waals surface area contributed by atoms with Gasteiger partial charge in [-0.2, -0.15) is 13.2 Å². The van der Waals surface area contributed by atoms with E-state index < -0.39 is 35.4 Å². The molecule has 0 radical (unpaired) electrons. The van der Waals surface area contributed by atoms with Crippen molar-refractivity contribution in [2.24, 2.45) is 5.41 Å². The molecule has 152 valence electrons. The van der Waals surface area contributed by atoms with Crippen molar-refractivity contribution in [3.05, 3.63) is 40.3 Å². The summed E-state index contributed by atoms with van der Waals surface area (Å²) in [5.74, 6) is -0.758. The maximum Gasteiger partial charge on any atom is 0.435 e. The van der Waals surface area contributed by atoms with E-state index in [1.807, 2.05) is 0 Å². The highest BCUT2D eigenvalue weighted by Crippen LogP contribution is 2.38. The number of hydrogen-bond acceptors (Lipinski definition) is 4. The topological polar surface area (TPSA) is 67.0 Å². The molecule has 2 heterocycles. The predicted molar refractivity (Wildman–Crippen MR) is 101 cm³/mol. The number of nitrogens with one attached hydrogen (secondary N) is 2. The monoisotopic (exact) mass is 459 g/mol. The highest BCUT2D eigenvalue weighted by Gasteiger charge is 2.41. The molecule has 1 aliphatic rings. The SMILES string of the molecule is CC(C)(C)C(=O)OC1NCC[C@H]1c1nc(C(F)(F)F)c(-c2ccc(Br)cc2)[nH]1. The van der Waals surface area contributed by atoms with Crippen molar-refractivity contribution in [2.45, 2.75) is 45.5 Å². The summed E-state index contributed by atoms with van der Waals surface area (Å²) in [4.78, 5) is 18.9. The van der Waals surface area contributed by atoms with Crippen LogP contribution in [-0.4, -0.2) is 28.7 Å². The number of halogens is 4. The first kappa shape index (κ1) is 20.9. The van der Waals surface area contributed by atoms with E-state index in [1.165, 1.54) is 0 Å². The number of rotatable bonds is 3. The molecule has 2 aromatic rings. The molecule has 1 aromatic heterocycles. The molecule has 5 nitrogen and oxygen atoms in total. The van der Waals surface area contributed by atoms with Crippen LogP contribution >= 0.6 is 15.9 Å². The Morgan fingerprint density at radius 1 is 1.21 bits per heavy atom. The van der Waals surface area contributed by atoms with Gasteiger partial charge < -0.3 is 9.72 Å². The maximum atomic E-state index is 13.6. The van der Waals surface area contributed by atoms with Gasteiger partial charge in [-0.3, -0.25) is 10.1 Å². The molecule has 1 saturated heterocycles. The molecule has 2 N–H and O–H groups in total. The Kier molecular flexibility index (Phi) is 5.60. The molecule has 1 aliphatic heterocycles. The van der Waals surface area contributed by atoms with E-state index in [2.05, 4.69) is 31.2 Å². The van der Waals surface area contributed by atoms with Crippen LogP contribution in [0.2, 0.25) is 0 Å². The fourth-order valence-electron chi connectivity index (χ4n) is 2.97. The van der Waals surface area contributed by atoms with Crippen LogP contribution in [0, 0.1) is 5.41 Å². The highest BCUT2D eigenvalue weighted by molar-refractivity contribution is 9.10. The van der Waals surface area contributed by atoms with E-state index in [9.17, 15) is 18.0 Å². The van der Waals surface area contributed by atoms with Crippen LogP contribution < -0.4 is 5.32 Å². The van der Waals surface area contributed by atoms with E-state index in [4.69, 9.17) is 4.74 Å². The van der Waals surface area contributed by atoms with E-state index in [-0.39, 0.29) is 11.5 Å². The Morgan fingerprint density at radius 3 is 2.43 bits per heavy atom. The van der Waals surface area contributed by atoms with Crippen LogP contribution in [0.3, 0.4) is 0 Å². The molecule has 0 aliphatic carbocycles. The summed E-state index contributed by atoms with van der Waals surface area (Å²) in [7, 11) is 0. The fourth-order valence-corrected chi connectivity index (χ4v) is 3.23. The molecule has 3 rings (SSSR count). The number of nitrogens with zero attached hydrogens (tertiary/aromatic N) is 1. The van der Waals surface area contributed by atoms with Crippen LogP contribution in [0.15, 0.2) is 28.7 Å². The number of alkyl halides is 3. The van der Waals surface area contributed by atoms with Crippen molar-refractivity contribution in [3.8, 4) is 11.3 Å². The number of esters is 1. The van der Waals surface area contributed by atoms with Crippen molar-refractivity contribution >= 4 is 21.9 Å². The number of H-pyrrole nitrogens is 1. The van der Waals surface area contributed by atoms with Gasteiger partial charge in [-0.25, -0.2) is 4.98 Å². The lowest BCUT2D eigenvalue weighted by Crippen LogP contribution is -2.36. The summed E-state index contributed by atoms with van der Waals surface area (Å²) >= 11 is 3.28. The summed E-state index contributed by atoms with van der Waals surface area (Å²) in [6.07, 6.45) is -4.83. The second kappa shape index (κ2) is 7.51. The summed E-state index contributed by atoms with van der Waals surface area (Å²) < 4.78 is 47.0. The Labute approximate surface area is 169 Å². The number of carbonyl (C=O) groups is 1. The predicted octanol–water partition coefficient (Wildman–Crippen LogP) is 4.85. The zero-order chi connectivity index (χ0) is 20.7. The third-order valence-corrected chi connectivity index (χ3v) is 5.02. The molecular formula is C19H21BrF3N3O2. The fraction of sp³-hybridized carbons (Fsp3) is 0.474. The van der Waals surface area contributed by atoms with Crippen molar-refractivity contribution < 1.29 is 22.7 Å². The van der Waals surface area contributed by atoms with Gasteiger partial charge >= 0.3 is 12.1 Å². The van der Waals surface area contributed by atoms with Crippen LogP contribution in [0.4, 0.5) is 13.2 Å². The lowest BCUT2D eigenvalue weighted by atomic mass is 9.97. The minimum atomic E-state index is -4.61. The molecule has 1 unspecified atom stereocenters. The Balaban J connectivity index is 1.96. The molecule has 1 fully saturated rings. The van der Waals surface area contributed by atoms with E-state index >= 15 is 0 Å². The van der Waals surface area contributed by atoms with Crippen LogP contribution in [0.5, 0.6) is 0 Å². The molecule has 1 aromatic carbocycles. The second-order valence-electron chi connectivity index (χ2n) is 7.78. The number of imidazole rings is 1. The van der Waals surface area contributed by atoms with Crippen molar-refractivity contribution in [2.75, 3.05) is 6.54 Å². The summed E-state index contributed by atoms with van der Waals surface area (Å²) in [6, 6.07) is 6.50. The van der Waals surface area contributed by atoms with Crippen LogP contribution in [0.25, 0.3) is 11.3 Å². The number of aromatic nitrogens is 2. The molecule has 0 bridgehead atoms. The van der Waals surface area contributed by atoms with E-state index in [0.29, 0.717) is 18.5 Å². The first-order valence-corrected chi connectivity index (χ1v) is 9.63. The minimum Gasteiger partial charge on any atom is -0.445 e. The van der Waals surface area contributed by atoms with Gasteiger partial charge in [-0.15, -0.1) is 0 Å². The van der Waals surface area contributed by atoms with Crippen molar-refractivity contribution in [3.63, 3.8) is 0 Å². The normalized spacial score (nSPS) is 20.4. The van der Waals surface area contributed by atoms with Gasteiger partial charge in [0.05, 0.1) is 17.0 Å². The van der Waals surface area contributed by atoms with Gasteiger partial charge in [-0.1, -0.05) is 28.1 Å². The molecule has 9 heteroatoms. The average Bonchev–Trinajstić information content (AvgIpc) is 3.20. The third-order valence-electron chi connectivity index (χ3n) is 4.49. The molecular weight excluding hydrogens is 439 g/mol. The van der Waals surface area contributed by atoms with Gasteiger partial charge in [0.1, 0.15) is 5.82 Å². The zero-order valence-corrected chi connectivity index (χ0v) is 17.2. The highest BCUT2D eigenvalue weighted by atomic mass is 79.9. The van der Waals surface area contributed by atoms with Crippen LogP contribution in [0.1, 0.15) is 44.6 Å². The van der Waals surface area contributed by atoms with Crippen LogP contribution in [-0.2, 0) is 15.7 Å². The van der Waals surface area contributed by atoms with E-state index in [1.54, 1.807) is 45.0 Å². The first-order valence-electron chi connectivity index (χ1n) is 8.84. The summed E-state index contributed by atoms with van der Waals surface area (Å²) in [5.41, 5.74) is -1.40. The Bertz CT molecular complexity index is 857. The number of ether oxygens (including phenoxy) is 1. The molecule has 0 spiro atoms. The minimum absolute atomic E-state index is 0.0946. The lowest BCUT2D eigenvalue weighted by molar-refractivity contribution is -0.160. The van der Waals surface area contributed by atoms with Gasteiger partial charge in [0.15, 0.2) is 11.9 Å². The summed E-state index contributed by atoms with van der Waals surface area (Å²) in [6.45, 7) is 5.68. The van der Waals surface area contributed by atoms with Gasteiger partial charge in [-0.05, 0) is 45.9 Å². The van der Waals surface area contributed by atoms with Crippen molar-refractivity contribution in [1.29, 1.82) is 0 Å². The summed E-state index contributed by atoms with van der Waals surface area (Å²) in [5, 5.41) is 3.03. The van der Waals surface area contributed by atoms with Gasteiger partial charge in [0.2, 0.25) is 0 Å². The van der Waals surface area contributed by atoms with Gasteiger partial charge in [0, 0.05) is 10.0 Å².